The van der Waals surface area contributed by atoms with Crippen molar-refractivity contribution >= 4 is 27.3 Å². The van der Waals surface area contributed by atoms with E-state index in [4.69, 9.17) is 9.47 Å². The van der Waals surface area contributed by atoms with Gasteiger partial charge in [0.25, 0.3) is 5.91 Å². The molecule has 1 fully saturated rings. The summed E-state index contributed by atoms with van der Waals surface area (Å²) in [6, 6.07) is 11.6. The Morgan fingerprint density at radius 2 is 1.65 bits per heavy atom. The van der Waals surface area contributed by atoms with Gasteiger partial charge in [0.15, 0.2) is 0 Å². The van der Waals surface area contributed by atoms with Crippen LogP contribution in [0.1, 0.15) is 16.8 Å². The molecule has 1 saturated heterocycles. The average molecular weight is 376 g/mol. The van der Waals surface area contributed by atoms with Gasteiger partial charge in [0, 0.05) is 36.0 Å². The Morgan fingerprint density at radius 1 is 1.04 bits per heavy atom. The van der Waals surface area contributed by atoms with Gasteiger partial charge in [-0.1, -0.05) is 0 Å². The van der Waals surface area contributed by atoms with Crippen LogP contribution in [0.2, 0.25) is 0 Å². The molecule has 1 N–H and O–H groups in total. The quantitative estimate of drug-likeness (QED) is 0.867. The minimum Gasteiger partial charge on any atom is -0.497 e. The van der Waals surface area contributed by atoms with E-state index in [1.165, 1.54) is 18.5 Å². The molecule has 2 aromatic carbocycles. The summed E-state index contributed by atoms with van der Waals surface area (Å²) in [5.41, 5.74) is 1.53. The summed E-state index contributed by atoms with van der Waals surface area (Å²) in [5, 5.41) is 2.78. The smallest absolute Gasteiger partial charge is 0.255 e. The fourth-order valence-electron chi connectivity index (χ4n) is 2.79. The Balaban J connectivity index is 1.77. The van der Waals surface area contributed by atoms with Crippen LogP contribution in [0.5, 0.6) is 11.5 Å². The average Bonchev–Trinajstić information content (AvgIpc) is 3.00. The molecule has 1 aliphatic heterocycles. The fraction of sp³-hybridized carbons (Fsp3) is 0.278. The van der Waals surface area contributed by atoms with E-state index in [-0.39, 0.29) is 11.7 Å². The van der Waals surface area contributed by atoms with Crippen LogP contribution in [0.25, 0.3) is 0 Å². The number of ether oxygens (including phenoxy) is 2. The van der Waals surface area contributed by atoms with Gasteiger partial charge in [-0.2, -0.15) is 0 Å². The monoisotopic (exact) mass is 376 g/mol. The third kappa shape index (κ3) is 3.75. The van der Waals surface area contributed by atoms with E-state index in [0.717, 1.165) is 0 Å². The number of anilines is 2. The lowest BCUT2D eigenvalue weighted by Crippen LogP contribution is -2.25. The van der Waals surface area contributed by atoms with E-state index >= 15 is 0 Å². The van der Waals surface area contributed by atoms with Crippen LogP contribution in [-0.4, -0.2) is 40.8 Å². The van der Waals surface area contributed by atoms with E-state index in [1.54, 1.807) is 42.5 Å². The zero-order valence-electron chi connectivity index (χ0n) is 14.6. The molecule has 0 aliphatic carbocycles. The van der Waals surface area contributed by atoms with E-state index < -0.39 is 10.0 Å². The highest BCUT2D eigenvalue weighted by atomic mass is 32.2. The molecule has 0 radical (unpaired) electrons. The maximum absolute atomic E-state index is 12.4. The molecule has 0 spiro atoms. The number of methoxy groups -OCH3 is 2. The fourth-order valence-corrected chi connectivity index (χ4v) is 4.36. The Morgan fingerprint density at radius 3 is 2.15 bits per heavy atom. The maximum atomic E-state index is 12.4. The van der Waals surface area contributed by atoms with Crippen LogP contribution in [0.15, 0.2) is 42.5 Å². The SMILES string of the molecule is COc1cc(NC(=O)c2ccc(N3CCCS3(=O)=O)cc2)cc(OC)c1. The van der Waals surface area contributed by atoms with Crippen LogP contribution in [0, 0.1) is 0 Å². The lowest BCUT2D eigenvalue weighted by molar-refractivity contribution is 0.102. The molecule has 0 unspecified atom stereocenters. The number of benzene rings is 2. The molecule has 1 heterocycles. The van der Waals surface area contributed by atoms with Crippen molar-refractivity contribution in [3.05, 3.63) is 48.0 Å². The molecule has 7 nitrogen and oxygen atoms in total. The Kier molecular flexibility index (Phi) is 5.03. The van der Waals surface area contributed by atoms with Gasteiger partial charge in [-0.3, -0.25) is 9.10 Å². The molecule has 138 valence electrons. The lowest BCUT2D eigenvalue weighted by atomic mass is 10.2. The predicted octanol–water partition coefficient (Wildman–Crippen LogP) is 2.50. The highest BCUT2D eigenvalue weighted by Crippen LogP contribution is 2.27. The summed E-state index contributed by atoms with van der Waals surface area (Å²) in [6.07, 6.45) is 0.613. The van der Waals surface area contributed by atoms with Crippen LogP contribution in [0.3, 0.4) is 0 Å². The number of nitrogens with zero attached hydrogens (tertiary/aromatic N) is 1. The van der Waals surface area contributed by atoms with Gasteiger partial charge in [0.1, 0.15) is 11.5 Å². The van der Waals surface area contributed by atoms with Crippen molar-refractivity contribution in [1.82, 2.24) is 0 Å². The van der Waals surface area contributed by atoms with Crippen LogP contribution >= 0.6 is 0 Å². The third-order valence-electron chi connectivity index (χ3n) is 4.13. The predicted molar refractivity (Wildman–Crippen MR) is 99.7 cm³/mol. The van der Waals surface area contributed by atoms with Crippen molar-refractivity contribution < 1.29 is 22.7 Å². The van der Waals surface area contributed by atoms with Gasteiger partial charge in [0.05, 0.1) is 25.7 Å². The third-order valence-corrected chi connectivity index (χ3v) is 6.00. The number of amides is 1. The van der Waals surface area contributed by atoms with Crippen molar-refractivity contribution in [3.8, 4) is 11.5 Å². The van der Waals surface area contributed by atoms with Crippen LogP contribution in [0.4, 0.5) is 11.4 Å². The first kappa shape index (κ1) is 18.1. The van der Waals surface area contributed by atoms with E-state index in [2.05, 4.69) is 5.32 Å². The molecule has 26 heavy (non-hydrogen) atoms. The van der Waals surface area contributed by atoms with Crippen LogP contribution in [-0.2, 0) is 10.0 Å². The second-order valence-corrected chi connectivity index (χ2v) is 7.86. The Labute approximate surface area is 152 Å². The number of hydrogen-bond acceptors (Lipinski definition) is 5. The summed E-state index contributed by atoms with van der Waals surface area (Å²) in [6.45, 7) is 0.470. The number of nitrogens with one attached hydrogen (secondary N) is 1. The topological polar surface area (TPSA) is 84.9 Å². The van der Waals surface area contributed by atoms with Gasteiger partial charge >= 0.3 is 0 Å². The van der Waals surface area contributed by atoms with E-state index in [9.17, 15) is 13.2 Å². The summed E-state index contributed by atoms with van der Waals surface area (Å²) >= 11 is 0. The number of sulfonamides is 1. The standard InChI is InChI=1S/C18H20N2O5S/c1-24-16-10-14(11-17(12-16)25-2)19-18(21)13-4-6-15(7-5-13)20-8-3-9-26(20,22)23/h4-7,10-12H,3,8-9H2,1-2H3,(H,19,21). The van der Waals surface area contributed by atoms with E-state index in [1.807, 2.05) is 0 Å². The normalized spacial score (nSPS) is 15.5. The maximum Gasteiger partial charge on any atom is 0.255 e. The van der Waals surface area contributed by atoms with Crippen molar-refractivity contribution in [2.75, 3.05) is 36.1 Å². The zero-order chi connectivity index (χ0) is 18.7. The van der Waals surface area contributed by atoms with Gasteiger partial charge in [-0.05, 0) is 30.7 Å². The molecule has 3 rings (SSSR count). The molecular formula is C18H20N2O5S. The Bertz CT molecular complexity index is 887. The minimum absolute atomic E-state index is 0.160. The van der Waals surface area contributed by atoms with Crippen molar-refractivity contribution in [2.45, 2.75) is 6.42 Å². The second kappa shape index (κ2) is 7.25. The Hall–Kier alpha value is -2.74. The first-order valence-corrected chi connectivity index (χ1v) is 9.69. The van der Waals surface area contributed by atoms with Gasteiger partial charge < -0.3 is 14.8 Å². The number of carbonyl (C=O) groups excluding carboxylic acids is 1. The van der Waals surface area contributed by atoms with Gasteiger partial charge in [-0.25, -0.2) is 8.42 Å². The van der Waals surface area contributed by atoms with Gasteiger partial charge in [-0.15, -0.1) is 0 Å². The van der Waals surface area contributed by atoms with E-state index in [0.29, 0.717) is 41.4 Å². The highest BCUT2D eigenvalue weighted by Gasteiger charge is 2.28. The number of rotatable bonds is 5. The zero-order valence-corrected chi connectivity index (χ0v) is 15.4. The van der Waals surface area contributed by atoms with Crippen molar-refractivity contribution in [1.29, 1.82) is 0 Å². The molecule has 0 aromatic heterocycles. The summed E-state index contributed by atoms with van der Waals surface area (Å²) < 4.78 is 35.7. The first-order valence-electron chi connectivity index (χ1n) is 8.08. The molecular weight excluding hydrogens is 356 g/mol. The molecule has 1 amide bonds. The number of carbonyl (C=O) groups is 1. The molecule has 8 heteroatoms. The molecule has 2 aromatic rings. The van der Waals surface area contributed by atoms with Crippen molar-refractivity contribution in [3.63, 3.8) is 0 Å². The largest absolute Gasteiger partial charge is 0.497 e. The molecule has 0 saturated carbocycles. The summed E-state index contributed by atoms with van der Waals surface area (Å²) in [4.78, 5) is 12.4. The lowest BCUT2D eigenvalue weighted by Gasteiger charge is -2.17. The first-order chi connectivity index (χ1) is 12.4. The van der Waals surface area contributed by atoms with Gasteiger partial charge in [0.2, 0.25) is 10.0 Å². The minimum atomic E-state index is -3.23. The summed E-state index contributed by atoms with van der Waals surface area (Å²) in [5.74, 6) is 0.979. The highest BCUT2D eigenvalue weighted by molar-refractivity contribution is 7.93. The van der Waals surface area contributed by atoms with Crippen LogP contribution < -0.4 is 19.1 Å². The second-order valence-electron chi connectivity index (χ2n) is 5.84. The number of hydrogen-bond donors (Lipinski definition) is 1. The molecule has 0 atom stereocenters. The van der Waals surface area contributed by atoms with Crippen molar-refractivity contribution in [2.24, 2.45) is 0 Å². The summed E-state index contributed by atoms with van der Waals surface area (Å²) in [7, 11) is -0.166. The molecule has 0 bridgehead atoms. The molecule has 1 aliphatic rings.